The summed E-state index contributed by atoms with van der Waals surface area (Å²) in [7, 11) is 0. The second-order valence-corrected chi connectivity index (χ2v) is 4.06. The molecule has 0 amide bonds. The van der Waals surface area contributed by atoms with Crippen molar-refractivity contribution in [3.63, 3.8) is 0 Å². The SMILES string of the molecule is Nc1cncc(CNc2cccc(C(F)(F)F)c2)c1. The fraction of sp³-hybridized carbons (Fsp3) is 0.154. The normalized spacial score (nSPS) is 11.3. The van der Waals surface area contributed by atoms with Crippen molar-refractivity contribution in [2.45, 2.75) is 12.7 Å². The number of hydrogen-bond donors (Lipinski definition) is 2. The summed E-state index contributed by atoms with van der Waals surface area (Å²) >= 11 is 0. The van der Waals surface area contributed by atoms with Gasteiger partial charge in [0.1, 0.15) is 0 Å². The van der Waals surface area contributed by atoms with E-state index >= 15 is 0 Å². The number of nitrogens with one attached hydrogen (secondary N) is 1. The Labute approximate surface area is 108 Å². The number of pyridine rings is 1. The second-order valence-electron chi connectivity index (χ2n) is 4.06. The maximum Gasteiger partial charge on any atom is 0.416 e. The molecule has 0 saturated heterocycles. The van der Waals surface area contributed by atoms with Crippen molar-refractivity contribution in [1.29, 1.82) is 0 Å². The fourth-order valence-electron chi connectivity index (χ4n) is 1.61. The molecular formula is C13H12F3N3. The van der Waals surface area contributed by atoms with E-state index in [0.29, 0.717) is 17.9 Å². The lowest BCUT2D eigenvalue weighted by Gasteiger charge is -2.10. The maximum atomic E-state index is 12.5. The van der Waals surface area contributed by atoms with E-state index in [9.17, 15) is 13.2 Å². The van der Waals surface area contributed by atoms with Gasteiger partial charge in [0.05, 0.1) is 11.3 Å². The molecule has 0 aliphatic heterocycles. The Morgan fingerprint density at radius 1 is 1.16 bits per heavy atom. The first kappa shape index (κ1) is 13.2. The number of nitrogens with zero attached hydrogens (tertiary/aromatic N) is 1. The topological polar surface area (TPSA) is 50.9 Å². The number of alkyl halides is 3. The molecule has 0 fully saturated rings. The van der Waals surface area contributed by atoms with Crippen molar-refractivity contribution >= 4 is 11.4 Å². The van der Waals surface area contributed by atoms with Crippen molar-refractivity contribution in [3.8, 4) is 0 Å². The van der Waals surface area contributed by atoms with Crippen LogP contribution in [-0.2, 0) is 12.7 Å². The van der Waals surface area contributed by atoms with Crippen molar-refractivity contribution in [1.82, 2.24) is 4.98 Å². The Hall–Kier alpha value is -2.24. The Morgan fingerprint density at radius 3 is 2.63 bits per heavy atom. The smallest absolute Gasteiger partial charge is 0.397 e. The van der Waals surface area contributed by atoms with Gasteiger partial charge in [0.15, 0.2) is 0 Å². The molecule has 0 unspecified atom stereocenters. The molecule has 3 nitrogen and oxygen atoms in total. The zero-order valence-electron chi connectivity index (χ0n) is 9.91. The quantitative estimate of drug-likeness (QED) is 0.897. The molecule has 1 aromatic heterocycles. The van der Waals surface area contributed by atoms with E-state index in [1.165, 1.54) is 12.3 Å². The van der Waals surface area contributed by atoms with E-state index in [1.807, 2.05) is 0 Å². The van der Waals surface area contributed by atoms with Crippen LogP contribution in [-0.4, -0.2) is 4.98 Å². The highest BCUT2D eigenvalue weighted by atomic mass is 19.4. The molecule has 2 aromatic rings. The van der Waals surface area contributed by atoms with Crippen LogP contribution in [0.5, 0.6) is 0 Å². The molecule has 3 N–H and O–H groups in total. The largest absolute Gasteiger partial charge is 0.416 e. The average Bonchev–Trinajstić information content (AvgIpc) is 2.36. The van der Waals surface area contributed by atoms with Crippen molar-refractivity contribution < 1.29 is 13.2 Å². The summed E-state index contributed by atoms with van der Waals surface area (Å²) in [6.45, 7) is 0.360. The standard InChI is InChI=1S/C13H12F3N3/c14-13(15,16)10-2-1-3-12(5-10)19-7-9-4-11(17)8-18-6-9/h1-6,8,19H,7,17H2. The molecule has 0 spiro atoms. The summed E-state index contributed by atoms with van der Waals surface area (Å²) in [4.78, 5) is 3.91. The van der Waals surface area contributed by atoms with Gasteiger partial charge in [-0.1, -0.05) is 6.07 Å². The molecule has 0 aliphatic carbocycles. The summed E-state index contributed by atoms with van der Waals surface area (Å²) in [5, 5.41) is 2.91. The van der Waals surface area contributed by atoms with Gasteiger partial charge in [-0.05, 0) is 29.8 Å². The lowest BCUT2D eigenvalue weighted by atomic mass is 10.2. The summed E-state index contributed by atoms with van der Waals surface area (Å²) in [6, 6.07) is 6.76. The molecule has 100 valence electrons. The monoisotopic (exact) mass is 267 g/mol. The molecule has 1 aromatic carbocycles. The van der Waals surface area contributed by atoms with Gasteiger partial charge in [-0.3, -0.25) is 4.98 Å². The van der Waals surface area contributed by atoms with Crippen LogP contribution in [0.2, 0.25) is 0 Å². The van der Waals surface area contributed by atoms with E-state index < -0.39 is 11.7 Å². The summed E-state index contributed by atoms with van der Waals surface area (Å²) in [5.74, 6) is 0. The second kappa shape index (κ2) is 5.17. The minimum Gasteiger partial charge on any atom is -0.397 e. The number of halogens is 3. The predicted molar refractivity (Wildman–Crippen MR) is 67.4 cm³/mol. The van der Waals surface area contributed by atoms with Gasteiger partial charge >= 0.3 is 6.18 Å². The minimum absolute atomic E-state index is 0.360. The maximum absolute atomic E-state index is 12.5. The number of rotatable bonds is 3. The van der Waals surface area contributed by atoms with Gasteiger partial charge in [0, 0.05) is 24.6 Å². The van der Waals surface area contributed by atoms with E-state index in [2.05, 4.69) is 10.3 Å². The van der Waals surface area contributed by atoms with Crippen molar-refractivity contribution in [3.05, 3.63) is 53.9 Å². The predicted octanol–water partition coefficient (Wildman–Crippen LogP) is 3.29. The molecule has 0 atom stereocenters. The van der Waals surface area contributed by atoms with Crippen LogP contribution >= 0.6 is 0 Å². The number of benzene rings is 1. The van der Waals surface area contributed by atoms with E-state index in [0.717, 1.165) is 17.7 Å². The van der Waals surface area contributed by atoms with Crippen LogP contribution in [0.15, 0.2) is 42.7 Å². The summed E-state index contributed by atoms with van der Waals surface area (Å²) < 4.78 is 37.6. The Kier molecular flexibility index (Phi) is 3.59. The zero-order valence-corrected chi connectivity index (χ0v) is 9.91. The van der Waals surface area contributed by atoms with Crippen molar-refractivity contribution in [2.75, 3.05) is 11.1 Å². The van der Waals surface area contributed by atoms with Gasteiger partial charge in [-0.15, -0.1) is 0 Å². The fourth-order valence-corrected chi connectivity index (χ4v) is 1.61. The third-order valence-corrected chi connectivity index (χ3v) is 2.50. The van der Waals surface area contributed by atoms with Crippen LogP contribution in [0, 0.1) is 0 Å². The van der Waals surface area contributed by atoms with Gasteiger partial charge in [0.25, 0.3) is 0 Å². The molecule has 0 saturated carbocycles. The number of nitrogen functional groups attached to an aromatic ring is 1. The van der Waals surface area contributed by atoms with Crippen molar-refractivity contribution in [2.24, 2.45) is 0 Å². The lowest BCUT2D eigenvalue weighted by Crippen LogP contribution is -2.06. The van der Waals surface area contributed by atoms with Crippen LogP contribution in [0.3, 0.4) is 0 Å². The number of hydrogen-bond acceptors (Lipinski definition) is 3. The first-order chi connectivity index (χ1) is 8.95. The zero-order chi connectivity index (χ0) is 13.9. The molecule has 0 radical (unpaired) electrons. The first-order valence-electron chi connectivity index (χ1n) is 5.56. The minimum atomic E-state index is -4.34. The Balaban J connectivity index is 2.08. The van der Waals surface area contributed by atoms with Gasteiger partial charge in [0.2, 0.25) is 0 Å². The van der Waals surface area contributed by atoms with Crippen LogP contribution < -0.4 is 11.1 Å². The molecule has 6 heteroatoms. The number of anilines is 2. The average molecular weight is 267 g/mol. The molecule has 0 aliphatic rings. The highest BCUT2D eigenvalue weighted by Gasteiger charge is 2.30. The lowest BCUT2D eigenvalue weighted by molar-refractivity contribution is -0.137. The van der Waals surface area contributed by atoms with Gasteiger partial charge in [-0.25, -0.2) is 0 Å². The van der Waals surface area contributed by atoms with E-state index in [1.54, 1.807) is 18.3 Å². The highest BCUT2D eigenvalue weighted by molar-refractivity contribution is 5.47. The molecular weight excluding hydrogens is 255 g/mol. The molecule has 1 heterocycles. The Bertz CT molecular complexity index is 567. The molecule has 2 rings (SSSR count). The number of aromatic nitrogens is 1. The van der Waals surface area contributed by atoms with Crippen LogP contribution in [0.1, 0.15) is 11.1 Å². The van der Waals surface area contributed by atoms with Gasteiger partial charge < -0.3 is 11.1 Å². The summed E-state index contributed by atoms with van der Waals surface area (Å²) in [5.41, 5.74) is 6.61. The number of nitrogens with two attached hydrogens (primary N) is 1. The van der Waals surface area contributed by atoms with Crippen LogP contribution in [0.4, 0.5) is 24.5 Å². The highest BCUT2D eigenvalue weighted by Crippen LogP contribution is 2.30. The van der Waals surface area contributed by atoms with Gasteiger partial charge in [-0.2, -0.15) is 13.2 Å². The third-order valence-electron chi connectivity index (χ3n) is 2.50. The van der Waals surface area contributed by atoms with E-state index in [-0.39, 0.29) is 0 Å². The van der Waals surface area contributed by atoms with Crippen LogP contribution in [0.25, 0.3) is 0 Å². The molecule has 0 bridgehead atoms. The first-order valence-corrected chi connectivity index (χ1v) is 5.56. The molecule has 19 heavy (non-hydrogen) atoms. The van der Waals surface area contributed by atoms with E-state index in [4.69, 9.17) is 5.73 Å². The third kappa shape index (κ3) is 3.61. The Morgan fingerprint density at radius 2 is 1.95 bits per heavy atom. The summed E-state index contributed by atoms with van der Waals surface area (Å²) in [6.07, 6.45) is -1.22.